The van der Waals surface area contributed by atoms with Gasteiger partial charge in [-0.05, 0) is 23.7 Å². The first kappa shape index (κ1) is 23.1. The number of carbonyl (C=O) groups is 2. The highest BCUT2D eigenvalue weighted by Crippen LogP contribution is 2.31. The predicted molar refractivity (Wildman–Crippen MR) is 111 cm³/mol. The molecule has 168 valence electrons. The lowest BCUT2D eigenvalue weighted by atomic mass is 10.2. The molecule has 31 heavy (non-hydrogen) atoms. The third kappa shape index (κ3) is 6.23. The molecule has 13 heteroatoms. The molecule has 0 atom stereocenters. The van der Waals surface area contributed by atoms with E-state index in [0.717, 1.165) is 36.8 Å². The van der Waals surface area contributed by atoms with Gasteiger partial charge >= 0.3 is 6.03 Å². The zero-order valence-electron chi connectivity index (χ0n) is 16.3. The van der Waals surface area contributed by atoms with E-state index < -0.39 is 30.2 Å². The molecule has 9 nitrogen and oxygen atoms in total. The Morgan fingerprint density at radius 2 is 2.03 bits per heavy atom. The maximum absolute atomic E-state index is 13.9. The largest absolute Gasteiger partial charge is 0.471 e. The summed E-state index contributed by atoms with van der Waals surface area (Å²) >= 11 is 6.30. The number of hydrogen-bond acceptors (Lipinski definition) is 7. The van der Waals surface area contributed by atoms with Crippen molar-refractivity contribution in [2.75, 3.05) is 44.7 Å². The second-order valence-corrected chi connectivity index (χ2v) is 7.72. The molecule has 0 radical (unpaired) electrons. The summed E-state index contributed by atoms with van der Waals surface area (Å²) in [5.74, 6) is -2.68. The van der Waals surface area contributed by atoms with Crippen LogP contribution in [-0.2, 0) is 11.3 Å². The van der Waals surface area contributed by atoms with Crippen LogP contribution in [-0.4, -0.2) is 60.6 Å². The van der Waals surface area contributed by atoms with Crippen molar-refractivity contribution in [2.24, 2.45) is 5.73 Å². The van der Waals surface area contributed by atoms with Crippen molar-refractivity contribution < 1.29 is 27.8 Å². The van der Waals surface area contributed by atoms with E-state index in [1.807, 2.05) is 0 Å². The number of urea groups is 1. The van der Waals surface area contributed by atoms with Gasteiger partial charge in [-0.15, -0.1) is 0 Å². The smallest absolute Gasteiger partial charge is 0.319 e. The maximum atomic E-state index is 13.9. The van der Waals surface area contributed by atoms with Crippen molar-refractivity contribution in [3.05, 3.63) is 39.9 Å². The predicted octanol–water partition coefficient (Wildman–Crippen LogP) is 2.21. The van der Waals surface area contributed by atoms with Gasteiger partial charge in [-0.3, -0.25) is 15.0 Å². The summed E-state index contributed by atoms with van der Waals surface area (Å²) in [6, 6.07) is 1.16. The van der Waals surface area contributed by atoms with Gasteiger partial charge in [0.05, 0.1) is 18.2 Å². The van der Waals surface area contributed by atoms with Gasteiger partial charge in [-0.1, -0.05) is 11.6 Å². The normalized spacial score (nSPS) is 14.3. The van der Waals surface area contributed by atoms with Gasteiger partial charge in [-0.2, -0.15) is 4.37 Å². The van der Waals surface area contributed by atoms with E-state index in [1.165, 1.54) is 0 Å². The van der Waals surface area contributed by atoms with E-state index in [1.54, 1.807) is 0 Å². The number of nitrogens with zero attached hydrogens (tertiary/aromatic N) is 2. The van der Waals surface area contributed by atoms with E-state index in [2.05, 4.69) is 19.9 Å². The molecular weight excluding hydrogens is 456 g/mol. The minimum Gasteiger partial charge on any atom is -0.471 e. The first-order chi connectivity index (χ1) is 14.8. The van der Waals surface area contributed by atoms with Crippen LogP contribution < -0.4 is 21.1 Å². The highest BCUT2D eigenvalue weighted by atomic mass is 35.5. The third-order valence-corrected chi connectivity index (χ3v) is 5.44. The minimum absolute atomic E-state index is 0.0779. The molecular formula is C18H20ClF2N5O4S. The van der Waals surface area contributed by atoms with Gasteiger partial charge in [0, 0.05) is 31.7 Å². The molecule has 3 rings (SSSR count). The Kier molecular flexibility index (Phi) is 7.96. The number of nitrogens with one attached hydrogen (secondary N) is 2. The number of halogens is 3. The van der Waals surface area contributed by atoms with Crippen molar-refractivity contribution in [3.8, 4) is 5.88 Å². The average molecular weight is 476 g/mol. The summed E-state index contributed by atoms with van der Waals surface area (Å²) in [5, 5.41) is 4.90. The van der Waals surface area contributed by atoms with Crippen molar-refractivity contribution in [2.45, 2.75) is 6.61 Å². The van der Waals surface area contributed by atoms with E-state index in [-0.39, 0.29) is 27.0 Å². The number of rotatable bonds is 8. The van der Waals surface area contributed by atoms with Crippen LogP contribution >= 0.6 is 23.1 Å². The van der Waals surface area contributed by atoms with Crippen molar-refractivity contribution in [1.82, 2.24) is 14.6 Å². The lowest BCUT2D eigenvalue weighted by Gasteiger charge is -2.26. The molecule has 3 amide bonds. The zero-order chi connectivity index (χ0) is 22.4. The van der Waals surface area contributed by atoms with Crippen LogP contribution in [0, 0.1) is 11.6 Å². The molecule has 1 aliphatic heterocycles. The van der Waals surface area contributed by atoms with Crippen molar-refractivity contribution in [1.29, 1.82) is 0 Å². The highest BCUT2D eigenvalue weighted by molar-refractivity contribution is 7.11. The van der Waals surface area contributed by atoms with Crippen molar-refractivity contribution in [3.63, 3.8) is 0 Å². The summed E-state index contributed by atoms with van der Waals surface area (Å²) in [7, 11) is 0. The Hall–Kier alpha value is -2.54. The lowest BCUT2D eigenvalue weighted by molar-refractivity contribution is 0.0388. The molecule has 0 unspecified atom stereocenters. The number of carbonyl (C=O) groups excluding carboxylic acids is 2. The Morgan fingerprint density at radius 1 is 1.29 bits per heavy atom. The fourth-order valence-electron chi connectivity index (χ4n) is 2.80. The number of morpholine rings is 1. The molecule has 2 aromatic rings. The minimum atomic E-state index is -0.893. The molecule has 0 spiro atoms. The summed E-state index contributed by atoms with van der Waals surface area (Å²) in [6.45, 7) is 3.52. The molecule has 1 aromatic carbocycles. The quantitative estimate of drug-likeness (QED) is 0.504. The molecule has 1 aromatic heterocycles. The molecule has 0 bridgehead atoms. The van der Waals surface area contributed by atoms with Gasteiger partial charge in [-0.25, -0.2) is 13.6 Å². The second kappa shape index (κ2) is 10.7. The Morgan fingerprint density at radius 3 is 2.74 bits per heavy atom. The fraction of sp³-hybridized carbons (Fsp3) is 0.389. The van der Waals surface area contributed by atoms with E-state index in [9.17, 15) is 18.4 Å². The molecule has 4 N–H and O–H groups in total. The number of anilines is 1. The average Bonchev–Trinajstić information content (AvgIpc) is 3.13. The molecule has 0 saturated carbocycles. The van der Waals surface area contributed by atoms with E-state index >= 15 is 0 Å². The summed E-state index contributed by atoms with van der Waals surface area (Å²) in [5.41, 5.74) is 5.09. The van der Waals surface area contributed by atoms with Crippen molar-refractivity contribution >= 4 is 40.1 Å². The first-order valence-corrected chi connectivity index (χ1v) is 10.4. The summed E-state index contributed by atoms with van der Waals surface area (Å²) in [4.78, 5) is 26.1. The topological polar surface area (TPSA) is 119 Å². The summed E-state index contributed by atoms with van der Waals surface area (Å²) < 4.78 is 42.0. The standard InChI is InChI=1S/C18H20ClF2N5O4S/c19-11-8-12(20)10(7-13(11)21)9-30-16-14(15(22)27)17(31-25-16)24-18(28)23-1-2-26-3-5-29-6-4-26/h7-8H,1-6,9H2,(H2,22,27)(H2,23,24,28). The molecule has 0 aliphatic carbocycles. The number of aromatic nitrogens is 1. The third-order valence-electron chi connectivity index (χ3n) is 4.41. The number of primary amides is 1. The van der Waals surface area contributed by atoms with Gasteiger partial charge < -0.3 is 20.5 Å². The lowest BCUT2D eigenvalue weighted by Crippen LogP contribution is -2.42. The van der Waals surface area contributed by atoms with Crippen LogP contribution in [0.5, 0.6) is 5.88 Å². The Bertz CT molecular complexity index is 955. The van der Waals surface area contributed by atoms with Crippen LogP contribution in [0.3, 0.4) is 0 Å². The zero-order valence-corrected chi connectivity index (χ0v) is 17.8. The maximum Gasteiger partial charge on any atom is 0.319 e. The first-order valence-electron chi connectivity index (χ1n) is 9.25. The number of amides is 3. The number of ether oxygens (including phenoxy) is 2. The number of benzene rings is 1. The van der Waals surface area contributed by atoms with Gasteiger partial charge in [0.15, 0.2) is 0 Å². The molecule has 1 saturated heterocycles. The highest BCUT2D eigenvalue weighted by Gasteiger charge is 2.22. The SMILES string of the molecule is NC(=O)c1c(OCc2cc(F)c(Cl)cc2F)nsc1NC(=O)NCCN1CCOCC1. The van der Waals surface area contributed by atoms with Crippen LogP contribution in [0.25, 0.3) is 0 Å². The van der Waals surface area contributed by atoms with Gasteiger partial charge in [0.1, 0.15) is 28.8 Å². The number of hydrogen-bond donors (Lipinski definition) is 3. The van der Waals surface area contributed by atoms with Crippen LogP contribution in [0.1, 0.15) is 15.9 Å². The fourth-order valence-corrected chi connectivity index (χ4v) is 3.68. The Labute approximate surface area is 185 Å². The van der Waals surface area contributed by atoms with Crippen LogP contribution in [0.4, 0.5) is 18.6 Å². The van der Waals surface area contributed by atoms with Gasteiger partial charge in [0.2, 0.25) is 5.88 Å². The van der Waals surface area contributed by atoms with Crippen LogP contribution in [0.15, 0.2) is 12.1 Å². The van der Waals surface area contributed by atoms with E-state index in [0.29, 0.717) is 26.3 Å². The van der Waals surface area contributed by atoms with E-state index in [4.69, 9.17) is 26.8 Å². The molecule has 1 aliphatic rings. The molecule has 1 fully saturated rings. The Balaban J connectivity index is 1.58. The monoisotopic (exact) mass is 475 g/mol. The van der Waals surface area contributed by atoms with Gasteiger partial charge in [0.25, 0.3) is 5.91 Å². The van der Waals surface area contributed by atoms with Crippen LogP contribution in [0.2, 0.25) is 5.02 Å². The second-order valence-electron chi connectivity index (χ2n) is 6.54. The summed E-state index contributed by atoms with van der Waals surface area (Å²) in [6.07, 6.45) is 0. The number of nitrogens with two attached hydrogens (primary N) is 1. The molecule has 2 heterocycles.